The van der Waals surface area contributed by atoms with Gasteiger partial charge in [0, 0.05) is 21.7 Å². The van der Waals surface area contributed by atoms with E-state index in [1.54, 1.807) is 24.3 Å². The Hall–Kier alpha value is -1.49. The van der Waals surface area contributed by atoms with Crippen LogP contribution in [-0.4, -0.2) is 19.0 Å². The monoisotopic (exact) mass is 314 g/mol. The van der Waals surface area contributed by atoms with Crippen molar-refractivity contribution in [2.45, 2.75) is 5.92 Å². The lowest BCUT2D eigenvalue weighted by atomic mass is 10.2. The van der Waals surface area contributed by atoms with Crippen LogP contribution in [0.3, 0.4) is 0 Å². The Morgan fingerprint density at radius 3 is 2.50 bits per heavy atom. The second kappa shape index (κ2) is 4.65. The largest absolute Gasteiger partial charge is 0.466 e. The third-order valence-electron chi connectivity index (χ3n) is 2.58. The maximum Gasteiger partial charge on any atom is 0.330 e. The van der Waals surface area contributed by atoms with Crippen molar-refractivity contribution in [3.8, 4) is 0 Å². The van der Waals surface area contributed by atoms with E-state index < -0.39 is 11.9 Å². The molecule has 0 bridgehead atoms. The summed E-state index contributed by atoms with van der Waals surface area (Å²) in [5.41, 5.74) is 0.262. The molecule has 0 heterocycles. The third kappa shape index (κ3) is 2.36. The van der Waals surface area contributed by atoms with Gasteiger partial charge in [0.05, 0.1) is 7.11 Å². The number of hydrogen-bond acceptors (Lipinski definition) is 2. The first-order valence-electron chi connectivity index (χ1n) is 5.12. The van der Waals surface area contributed by atoms with Crippen LogP contribution in [-0.2, 0) is 9.53 Å². The van der Waals surface area contributed by atoms with E-state index in [1.165, 1.54) is 7.11 Å². The van der Waals surface area contributed by atoms with Crippen LogP contribution >= 0.6 is 15.9 Å². The first-order chi connectivity index (χ1) is 8.46. The molecule has 0 radical (unpaired) electrons. The number of methoxy groups -OCH3 is 1. The summed E-state index contributed by atoms with van der Waals surface area (Å²) in [6.07, 6.45) is 2.10. The van der Waals surface area contributed by atoms with Crippen LogP contribution in [0.5, 0.6) is 0 Å². The molecule has 0 fully saturated rings. The van der Waals surface area contributed by atoms with E-state index in [4.69, 9.17) is 0 Å². The standard InChI is InChI=1S/C13H9BrF2O2/c1-18-11(17)7-6-10-12(13(10,15)16)8-2-4-9(14)5-3-8/h2-7H,1H3/b7-6+. The summed E-state index contributed by atoms with van der Waals surface area (Å²) in [6, 6.07) is 6.59. The van der Waals surface area contributed by atoms with Gasteiger partial charge >= 0.3 is 5.97 Å². The first-order valence-corrected chi connectivity index (χ1v) is 5.91. The topological polar surface area (TPSA) is 26.3 Å². The van der Waals surface area contributed by atoms with Gasteiger partial charge in [-0.1, -0.05) is 28.1 Å². The highest BCUT2D eigenvalue weighted by Gasteiger charge is 2.55. The second-order valence-electron chi connectivity index (χ2n) is 3.73. The van der Waals surface area contributed by atoms with Gasteiger partial charge in [-0.25, -0.2) is 4.79 Å². The van der Waals surface area contributed by atoms with Gasteiger partial charge in [0.25, 0.3) is 5.92 Å². The van der Waals surface area contributed by atoms with Crippen LogP contribution in [0.25, 0.3) is 5.57 Å². The minimum Gasteiger partial charge on any atom is -0.466 e. The number of allylic oxidation sites excluding steroid dienone is 3. The molecule has 0 unspecified atom stereocenters. The highest BCUT2D eigenvalue weighted by atomic mass is 79.9. The van der Waals surface area contributed by atoms with Crippen molar-refractivity contribution in [1.82, 2.24) is 0 Å². The molecule has 0 aliphatic heterocycles. The number of ether oxygens (including phenoxy) is 1. The van der Waals surface area contributed by atoms with Crippen LogP contribution in [0, 0.1) is 0 Å². The van der Waals surface area contributed by atoms with E-state index in [2.05, 4.69) is 20.7 Å². The molecule has 1 aliphatic carbocycles. The summed E-state index contributed by atoms with van der Waals surface area (Å²) in [4.78, 5) is 10.9. The zero-order valence-electron chi connectivity index (χ0n) is 9.41. The molecular weight excluding hydrogens is 306 g/mol. The Kier molecular flexibility index (Phi) is 3.34. The molecule has 0 spiro atoms. The number of rotatable bonds is 3. The number of carbonyl (C=O) groups is 1. The van der Waals surface area contributed by atoms with Crippen LogP contribution in [0.1, 0.15) is 5.56 Å². The Labute approximate surface area is 111 Å². The Morgan fingerprint density at radius 1 is 1.33 bits per heavy atom. The van der Waals surface area contributed by atoms with E-state index in [-0.39, 0.29) is 11.1 Å². The minimum absolute atomic E-state index is 0.0462. The van der Waals surface area contributed by atoms with Crippen molar-refractivity contribution in [1.29, 1.82) is 0 Å². The lowest BCUT2D eigenvalue weighted by Gasteiger charge is -1.98. The smallest absolute Gasteiger partial charge is 0.330 e. The summed E-state index contributed by atoms with van der Waals surface area (Å²) in [5.74, 6) is -3.61. The predicted octanol–water partition coefficient (Wildman–Crippen LogP) is 3.58. The fraction of sp³-hybridized carbons (Fsp3) is 0.154. The van der Waals surface area contributed by atoms with Gasteiger partial charge < -0.3 is 4.74 Å². The van der Waals surface area contributed by atoms with Crippen molar-refractivity contribution in [2.24, 2.45) is 0 Å². The molecule has 2 rings (SSSR count). The highest BCUT2D eigenvalue weighted by molar-refractivity contribution is 9.10. The summed E-state index contributed by atoms with van der Waals surface area (Å²) < 4.78 is 32.2. The number of carbonyl (C=O) groups excluding carboxylic acids is 1. The van der Waals surface area contributed by atoms with Gasteiger partial charge in [-0.05, 0) is 23.8 Å². The molecular formula is C13H9BrF2O2. The van der Waals surface area contributed by atoms with E-state index in [1.807, 2.05) is 0 Å². The molecule has 18 heavy (non-hydrogen) atoms. The Bertz CT molecular complexity index is 545. The number of benzene rings is 1. The van der Waals surface area contributed by atoms with Crippen LogP contribution in [0.15, 0.2) is 46.5 Å². The van der Waals surface area contributed by atoms with Gasteiger partial charge in [-0.2, -0.15) is 8.78 Å². The SMILES string of the molecule is COC(=O)/C=C/C1=C(c2ccc(Br)cc2)C1(F)F. The zero-order valence-corrected chi connectivity index (χ0v) is 11.0. The van der Waals surface area contributed by atoms with Gasteiger partial charge in [0.2, 0.25) is 0 Å². The van der Waals surface area contributed by atoms with Gasteiger partial charge in [-0.3, -0.25) is 0 Å². The maximum absolute atomic E-state index is 13.5. The van der Waals surface area contributed by atoms with E-state index in [0.717, 1.165) is 16.6 Å². The number of halogens is 3. The average molecular weight is 315 g/mol. The first kappa shape index (κ1) is 13.0. The van der Waals surface area contributed by atoms with Gasteiger partial charge in [0.1, 0.15) is 0 Å². The molecule has 1 aromatic carbocycles. The van der Waals surface area contributed by atoms with Crippen molar-refractivity contribution in [3.05, 3.63) is 52.0 Å². The molecule has 0 aromatic heterocycles. The second-order valence-corrected chi connectivity index (χ2v) is 4.64. The van der Waals surface area contributed by atoms with E-state index in [9.17, 15) is 13.6 Å². The van der Waals surface area contributed by atoms with Crippen molar-refractivity contribution < 1.29 is 18.3 Å². The Balaban J connectivity index is 2.26. The molecule has 0 saturated carbocycles. The molecule has 0 atom stereocenters. The molecule has 94 valence electrons. The van der Waals surface area contributed by atoms with Crippen LogP contribution < -0.4 is 0 Å². The van der Waals surface area contributed by atoms with Crippen molar-refractivity contribution >= 4 is 27.5 Å². The highest BCUT2D eigenvalue weighted by Crippen LogP contribution is 2.55. The minimum atomic E-state index is -2.96. The van der Waals surface area contributed by atoms with Gasteiger partial charge in [0.15, 0.2) is 0 Å². The summed E-state index contributed by atoms with van der Waals surface area (Å²) in [7, 11) is 1.20. The van der Waals surface area contributed by atoms with E-state index in [0.29, 0.717) is 5.56 Å². The molecule has 0 amide bonds. The zero-order chi connectivity index (χ0) is 13.3. The summed E-state index contributed by atoms with van der Waals surface area (Å²) in [5, 5.41) is 0. The molecule has 0 saturated heterocycles. The maximum atomic E-state index is 13.5. The molecule has 5 heteroatoms. The van der Waals surface area contributed by atoms with Crippen LogP contribution in [0.2, 0.25) is 0 Å². The Morgan fingerprint density at radius 2 is 1.94 bits per heavy atom. The lowest BCUT2D eigenvalue weighted by molar-refractivity contribution is -0.134. The number of hydrogen-bond donors (Lipinski definition) is 0. The molecule has 0 N–H and O–H groups in total. The quantitative estimate of drug-likeness (QED) is 0.629. The molecule has 1 aromatic rings. The van der Waals surface area contributed by atoms with Crippen molar-refractivity contribution in [3.63, 3.8) is 0 Å². The normalized spacial score (nSPS) is 17.1. The molecule has 2 nitrogen and oxygen atoms in total. The van der Waals surface area contributed by atoms with Crippen LogP contribution in [0.4, 0.5) is 8.78 Å². The fourth-order valence-electron chi connectivity index (χ4n) is 1.61. The third-order valence-corrected chi connectivity index (χ3v) is 3.11. The number of esters is 1. The molecule has 1 aliphatic rings. The average Bonchev–Trinajstić information content (AvgIpc) is 2.89. The summed E-state index contributed by atoms with van der Waals surface area (Å²) >= 11 is 3.24. The summed E-state index contributed by atoms with van der Waals surface area (Å²) in [6.45, 7) is 0. The predicted molar refractivity (Wildman–Crippen MR) is 67.2 cm³/mol. The van der Waals surface area contributed by atoms with Gasteiger partial charge in [-0.15, -0.1) is 0 Å². The lowest BCUT2D eigenvalue weighted by Crippen LogP contribution is -1.97. The number of alkyl halides is 2. The van der Waals surface area contributed by atoms with E-state index >= 15 is 0 Å². The van der Waals surface area contributed by atoms with Crippen molar-refractivity contribution in [2.75, 3.05) is 7.11 Å². The fourth-order valence-corrected chi connectivity index (χ4v) is 1.88.